The van der Waals surface area contributed by atoms with Gasteiger partial charge in [0.05, 0.1) is 29.1 Å². The number of pyridine rings is 1. The molecule has 1 aliphatic heterocycles. The van der Waals surface area contributed by atoms with E-state index in [0.29, 0.717) is 39.9 Å². The summed E-state index contributed by atoms with van der Waals surface area (Å²) in [4.78, 5) is 34.1. The number of carbonyl (C=O) groups is 1. The average Bonchev–Trinajstić information content (AvgIpc) is 3.57. The molecule has 12 nitrogen and oxygen atoms in total. The molecule has 0 spiro atoms. The van der Waals surface area contributed by atoms with Crippen molar-refractivity contribution >= 4 is 45.8 Å². The highest BCUT2D eigenvalue weighted by atomic mass is 35.5. The van der Waals surface area contributed by atoms with Crippen molar-refractivity contribution in [3.63, 3.8) is 0 Å². The minimum atomic E-state index is -1.43. The number of fused-ring (bicyclic) bond motifs is 1. The van der Waals surface area contributed by atoms with E-state index in [1.54, 1.807) is 17.8 Å². The van der Waals surface area contributed by atoms with E-state index in [0.717, 1.165) is 5.69 Å². The van der Waals surface area contributed by atoms with E-state index in [1.807, 2.05) is 5.38 Å². The molecule has 5 rings (SSSR count). The SMILES string of the molecule is CNC(=O)[C@H]1O[C@@H](n2cnc3c(NCc4cscn4)nc(-c4cncc(Cl)c4)nc32)[C@H](O)[C@@H]1O. The van der Waals surface area contributed by atoms with Crippen molar-refractivity contribution in [3.8, 4) is 11.4 Å². The van der Waals surface area contributed by atoms with Crippen LogP contribution in [0.5, 0.6) is 0 Å². The number of thiazole rings is 1. The molecule has 4 N–H and O–H groups in total. The Bertz CT molecular complexity index is 1330. The zero-order valence-corrected chi connectivity index (χ0v) is 19.2. The Kier molecular flexibility index (Phi) is 6.10. The molecule has 1 amide bonds. The van der Waals surface area contributed by atoms with E-state index in [4.69, 9.17) is 16.3 Å². The highest BCUT2D eigenvalue weighted by Gasteiger charge is 2.47. The van der Waals surface area contributed by atoms with Gasteiger partial charge in [-0.25, -0.2) is 19.9 Å². The Morgan fingerprint density at radius 2 is 2.12 bits per heavy atom. The van der Waals surface area contributed by atoms with Crippen LogP contribution in [0.1, 0.15) is 11.9 Å². The molecule has 4 atom stereocenters. The van der Waals surface area contributed by atoms with Gasteiger partial charge >= 0.3 is 0 Å². The smallest absolute Gasteiger partial charge is 0.251 e. The van der Waals surface area contributed by atoms with Crippen LogP contribution in [0.25, 0.3) is 22.6 Å². The third-order valence-electron chi connectivity index (χ3n) is 5.32. The van der Waals surface area contributed by atoms with Gasteiger partial charge in [0.1, 0.15) is 12.2 Å². The first kappa shape index (κ1) is 22.6. The van der Waals surface area contributed by atoms with Crippen molar-refractivity contribution in [1.82, 2.24) is 34.8 Å². The molecule has 0 radical (unpaired) electrons. The van der Waals surface area contributed by atoms with Crippen LogP contribution in [-0.4, -0.2) is 71.0 Å². The van der Waals surface area contributed by atoms with Crippen molar-refractivity contribution in [2.24, 2.45) is 0 Å². The van der Waals surface area contributed by atoms with E-state index in [2.05, 4.69) is 35.6 Å². The molecule has 1 saturated heterocycles. The molecule has 4 aromatic rings. The van der Waals surface area contributed by atoms with E-state index >= 15 is 0 Å². The predicted octanol–water partition coefficient (Wildman–Crippen LogP) is 0.975. The van der Waals surface area contributed by atoms with Crippen LogP contribution < -0.4 is 10.6 Å². The van der Waals surface area contributed by atoms with Crippen LogP contribution >= 0.6 is 22.9 Å². The van der Waals surface area contributed by atoms with Crippen LogP contribution in [-0.2, 0) is 16.1 Å². The number of likely N-dealkylation sites (N-methyl/N-ethyl adjacent to an activating group) is 1. The van der Waals surface area contributed by atoms with Gasteiger partial charge in [-0.1, -0.05) is 11.6 Å². The van der Waals surface area contributed by atoms with Crippen molar-refractivity contribution in [2.45, 2.75) is 31.1 Å². The number of halogens is 1. The number of hydrogen-bond acceptors (Lipinski definition) is 11. The molecule has 0 unspecified atom stereocenters. The molecular formula is C20H19ClN8O4S. The first-order valence-corrected chi connectivity index (χ1v) is 11.5. The predicted molar refractivity (Wildman–Crippen MR) is 123 cm³/mol. The van der Waals surface area contributed by atoms with Gasteiger partial charge in [-0.15, -0.1) is 11.3 Å². The number of ether oxygens (including phenoxy) is 1. The van der Waals surface area contributed by atoms with Crippen molar-refractivity contribution in [3.05, 3.63) is 46.4 Å². The van der Waals surface area contributed by atoms with Gasteiger partial charge < -0.3 is 25.6 Å². The van der Waals surface area contributed by atoms with Gasteiger partial charge in [0.15, 0.2) is 35.1 Å². The number of anilines is 1. The fourth-order valence-electron chi connectivity index (χ4n) is 3.64. The summed E-state index contributed by atoms with van der Waals surface area (Å²) in [5.41, 5.74) is 3.85. The van der Waals surface area contributed by atoms with Crippen LogP contribution in [0.15, 0.2) is 35.7 Å². The minimum Gasteiger partial charge on any atom is -0.387 e. The molecular weight excluding hydrogens is 484 g/mol. The highest BCUT2D eigenvalue weighted by molar-refractivity contribution is 7.07. The first-order chi connectivity index (χ1) is 16.5. The van der Waals surface area contributed by atoms with Crippen LogP contribution in [0.4, 0.5) is 5.82 Å². The number of carbonyl (C=O) groups excluding carboxylic acids is 1. The Morgan fingerprint density at radius 1 is 1.26 bits per heavy atom. The normalized spacial score (nSPS) is 22.2. The summed E-state index contributed by atoms with van der Waals surface area (Å²) in [6, 6.07) is 1.67. The molecule has 0 aliphatic carbocycles. The maximum Gasteiger partial charge on any atom is 0.251 e. The van der Waals surface area contributed by atoms with Gasteiger partial charge in [-0.05, 0) is 6.07 Å². The third kappa shape index (κ3) is 4.08. The third-order valence-corrected chi connectivity index (χ3v) is 6.16. The molecule has 1 aliphatic rings. The highest BCUT2D eigenvalue weighted by Crippen LogP contribution is 2.33. The number of amides is 1. The lowest BCUT2D eigenvalue weighted by molar-refractivity contribution is -0.137. The lowest BCUT2D eigenvalue weighted by Crippen LogP contribution is -2.41. The number of imidazole rings is 1. The molecule has 5 heterocycles. The van der Waals surface area contributed by atoms with Gasteiger partial charge in [-0.2, -0.15) is 0 Å². The fourth-order valence-corrected chi connectivity index (χ4v) is 4.37. The maximum absolute atomic E-state index is 12.1. The quantitative estimate of drug-likeness (QED) is 0.299. The van der Waals surface area contributed by atoms with Crippen molar-refractivity contribution in [2.75, 3.05) is 12.4 Å². The van der Waals surface area contributed by atoms with Gasteiger partial charge in [0.2, 0.25) is 0 Å². The molecule has 176 valence electrons. The number of rotatable bonds is 6. The van der Waals surface area contributed by atoms with E-state index in [1.165, 1.54) is 35.5 Å². The topological polar surface area (TPSA) is 160 Å². The van der Waals surface area contributed by atoms with Crippen LogP contribution in [0, 0.1) is 0 Å². The van der Waals surface area contributed by atoms with E-state index < -0.39 is 30.4 Å². The summed E-state index contributed by atoms with van der Waals surface area (Å²) < 4.78 is 7.16. The number of nitrogens with zero attached hydrogens (tertiary/aromatic N) is 6. The standard InChI is InChI=1S/C20H19ClN8O4S/c1-22-19(32)15-13(30)14(31)20(33-15)29-7-25-12-17(24-5-11-6-34-8-26-11)27-16(28-18(12)29)9-2-10(21)4-23-3-9/h2-4,6-8,13-15,20,30-31H,5H2,1H3,(H,22,32)(H,24,27,28)/t13-,14+,15-,20+/m0/s1. The van der Waals surface area contributed by atoms with Gasteiger partial charge in [0, 0.05) is 30.4 Å². The molecule has 0 bridgehead atoms. The summed E-state index contributed by atoms with van der Waals surface area (Å²) in [5.74, 6) is 0.174. The van der Waals surface area contributed by atoms with Gasteiger partial charge in [-0.3, -0.25) is 14.3 Å². The molecule has 14 heteroatoms. The summed E-state index contributed by atoms with van der Waals surface area (Å²) in [7, 11) is 1.42. The molecule has 34 heavy (non-hydrogen) atoms. The molecule has 0 aromatic carbocycles. The second kappa shape index (κ2) is 9.19. The molecule has 4 aromatic heterocycles. The Hall–Kier alpha value is -3.23. The number of aliphatic hydroxyl groups excluding tert-OH is 2. The molecule has 0 saturated carbocycles. The lowest BCUT2D eigenvalue weighted by atomic mass is 10.1. The minimum absolute atomic E-state index is 0.306. The van der Waals surface area contributed by atoms with E-state index in [9.17, 15) is 15.0 Å². The molecule has 1 fully saturated rings. The van der Waals surface area contributed by atoms with E-state index in [-0.39, 0.29) is 0 Å². The average molecular weight is 503 g/mol. The second-order valence-electron chi connectivity index (χ2n) is 7.49. The summed E-state index contributed by atoms with van der Waals surface area (Å²) in [6.45, 7) is 0.399. The summed E-state index contributed by atoms with van der Waals surface area (Å²) >= 11 is 7.59. The Morgan fingerprint density at radius 3 is 2.85 bits per heavy atom. The number of nitrogens with one attached hydrogen (secondary N) is 2. The Balaban J connectivity index is 1.59. The fraction of sp³-hybridized carbons (Fsp3) is 0.300. The number of aromatic nitrogens is 6. The van der Waals surface area contributed by atoms with Gasteiger partial charge in [0.25, 0.3) is 5.91 Å². The number of hydrogen-bond donors (Lipinski definition) is 4. The first-order valence-electron chi connectivity index (χ1n) is 10.2. The van der Waals surface area contributed by atoms with Crippen LogP contribution in [0.2, 0.25) is 5.02 Å². The zero-order valence-electron chi connectivity index (χ0n) is 17.7. The summed E-state index contributed by atoms with van der Waals surface area (Å²) in [6.07, 6.45) is -0.680. The van der Waals surface area contributed by atoms with Crippen LogP contribution in [0.3, 0.4) is 0 Å². The maximum atomic E-state index is 12.1. The lowest BCUT2D eigenvalue weighted by Gasteiger charge is -2.17. The largest absolute Gasteiger partial charge is 0.387 e. The monoisotopic (exact) mass is 502 g/mol. The number of aliphatic hydroxyl groups is 2. The second-order valence-corrected chi connectivity index (χ2v) is 8.64. The summed E-state index contributed by atoms with van der Waals surface area (Å²) in [5, 5.41) is 29.0. The zero-order chi connectivity index (χ0) is 23.8. The Labute approximate surface area is 201 Å². The van der Waals surface area contributed by atoms with Crippen molar-refractivity contribution in [1.29, 1.82) is 0 Å². The van der Waals surface area contributed by atoms with Crippen molar-refractivity contribution < 1.29 is 19.7 Å².